The molecule has 0 radical (unpaired) electrons. The minimum atomic E-state index is 0.000430. The van der Waals surface area contributed by atoms with Gasteiger partial charge in [0, 0.05) is 44.4 Å². The monoisotopic (exact) mass is 427 g/mol. The van der Waals surface area contributed by atoms with Crippen molar-refractivity contribution in [1.82, 2.24) is 24.7 Å². The zero-order valence-electron chi connectivity index (χ0n) is 18.0. The normalized spacial score (nSPS) is 14.6. The van der Waals surface area contributed by atoms with Gasteiger partial charge in [-0.15, -0.1) is 0 Å². The molecule has 0 bridgehead atoms. The zero-order chi connectivity index (χ0) is 21.9. The van der Waals surface area contributed by atoms with Gasteiger partial charge in [-0.25, -0.2) is 4.68 Å². The predicted molar refractivity (Wildman–Crippen MR) is 121 cm³/mol. The first-order valence-electron chi connectivity index (χ1n) is 10.8. The van der Waals surface area contributed by atoms with E-state index >= 15 is 0 Å². The Morgan fingerprint density at radius 1 is 0.938 bits per heavy atom. The number of carbonyl (C=O) groups is 1. The molecule has 2 aromatic heterocycles. The van der Waals surface area contributed by atoms with Crippen molar-refractivity contribution in [3.05, 3.63) is 89.9 Å². The van der Waals surface area contributed by atoms with Gasteiger partial charge in [-0.3, -0.25) is 9.69 Å². The van der Waals surface area contributed by atoms with Crippen LogP contribution in [0, 0.1) is 6.92 Å². The summed E-state index contributed by atoms with van der Waals surface area (Å²) >= 11 is 0. The third kappa shape index (κ3) is 4.20. The topological polar surface area (TPSA) is 67.4 Å². The van der Waals surface area contributed by atoms with Crippen LogP contribution in [0.1, 0.15) is 21.9 Å². The van der Waals surface area contributed by atoms with E-state index in [9.17, 15) is 4.79 Å². The molecule has 32 heavy (non-hydrogen) atoms. The Bertz CT molecular complexity index is 1190. The number of hydrogen-bond acceptors (Lipinski definition) is 5. The molecule has 1 saturated heterocycles. The maximum atomic E-state index is 13.5. The first kappa shape index (κ1) is 20.2. The minimum Gasteiger partial charge on any atom is -0.361 e. The van der Waals surface area contributed by atoms with E-state index in [1.807, 2.05) is 84.6 Å². The van der Waals surface area contributed by atoms with Crippen LogP contribution in [0.25, 0.3) is 16.9 Å². The number of carbonyl (C=O) groups excluding carboxylic acids is 1. The molecular weight excluding hydrogens is 402 g/mol. The van der Waals surface area contributed by atoms with Gasteiger partial charge in [0.15, 0.2) is 0 Å². The van der Waals surface area contributed by atoms with E-state index in [1.54, 1.807) is 4.68 Å². The number of benzene rings is 2. The summed E-state index contributed by atoms with van der Waals surface area (Å²) in [5.41, 5.74) is 4.16. The first-order valence-corrected chi connectivity index (χ1v) is 10.8. The molecule has 0 unspecified atom stereocenters. The van der Waals surface area contributed by atoms with Crippen molar-refractivity contribution >= 4 is 5.91 Å². The highest BCUT2D eigenvalue weighted by Gasteiger charge is 2.26. The largest absolute Gasteiger partial charge is 0.361 e. The van der Waals surface area contributed by atoms with Gasteiger partial charge >= 0.3 is 0 Å². The Morgan fingerprint density at radius 2 is 1.62 bits per heavy atom. The molecule has 0 saturated carbocycles. The van der Waals surface area contributed by atoms with Crippen LogP contribution in [0.5, 0.6) is 0 Å². The van der Waals surface area contributed by atoms with Gasteiger partial charge in [0.2, 0.25) is 0 Å². The maximum absolute atomic E-state index is 13.5. The van der Waals surface area contributed by atoms with Crippen LogP contribution in [-0.4, -0.2) is 56.8 Å². The van der Waals surface area contributed by atoms with Crippen molar-refractivity contribution in [3.8, 4) is 16.9 Å². The number of aryl methyl sites for hydroxylation is 1. The summed E-state index contributed by atoms with van der Waals surface area (Å²) in [6.07, 6.45) is 0. The molecule has 2 aromatic carbocycles. The van der Waals surface area contributed by atoms with Crippen LogP contribution in [0.3, 0.4) is 0 Å². The number of nitrogens with zero attached hydrogens (tertiary/aromatic N) is 5. The number of aromatic nitrogens is 3. The van der Waals surface area contributed by atoms with Gasteiger partial charge in [0.1, 0.15) is 11.5 Å². The highest BCUT2D eigenvalue weighted by atomic mass is 16.5. The molecule has 3 heterocycles. The van der Waals surface area contributed by atoms with Crippen LogP contribution >= 0.6 is 0 Å². The fourth-order valence-electron chi connectivity index (χ4n) is 4.04. The molecular formula is C25H25N5O2. The van der Waals surface area contributed by atoms with Crippen molar-refractivity contribution < 1.29 is 9.32 Å². The summed E-state index contributed by atoms with van der Waals surface area (Å²) in [7, 11) is 0. The molecule has 1 fully saturated rings. The molecule has 4 aromatic rings. The van der Waals surface area contributed by atoms with E-state index in [2.05, 4.69) is 10.1 Å². The molecule has 0 spiro atoms. The maximum Gasteiger partial charge on any atom is 0.272 e. The van der Waals surface area contributed by atoms with E-state index in [0.29, 0.717) is 18.8 Å². The van der Waals surface area contributed by atoms with Crippen LogP contribution in [0.2, 0.25) is 0 Å². The Hall–Kier alpha value is -3.71. The van der Waals surface area contributed by atoms with Crippen LogP contribution < -0.4 is 0 Å². The Labute approximate surface area is 186 Å². The fourth-order valence-corrected chi connectivity index (χ4v) is 4.04. The number of amides is 1. The fraction of sp³-hybridized carbons (Fsp3) is 0.240. The lowest BCUT2D eigenvalue weighted by Gasteiger charge is -2.34. The smallest absolute Gasteiger partial charge is 0.272 e. The zero-order valence-corrected chi connectivity index (χ0v) is 18.0. The number of hydrogen-bond donors (Lipinski definition) is 0. The summed E-state index contributed by atoms with van der Waals surface area (Å²) in [5.74, 6) is 0.817. The van der Waals surface area contributed by atoms with E-state index in [1.165, 1.54) is 0 Å². The second-order valence-electron chi connectivity index (χ2n) is 8.03. The van der Waals surface area contributed by atoms with E-state index in [-0.39, 0.29) is 5.91 Å². The average Bonchev–Trinajstić information content (AvgIpc) is 3.47. The van der Waals surface area contributed by atoms with Gasteiger partial charge < -0.3 is 9.42 Å². The number of piperazine rings is 1. The summed E-state index contributed by atoms with van der Waals surface area (Å²) in [4.78, 5) is 17.7. The quantitative estimate of drug-likeness (QED) is 0.485. The summed E-state index contributed by atoms with van der Waals surface area (Å²) in [5, 5.41) is 8.86. The van der Waals surface area contributed by atoms with E-state index in [0.717, 1.165) is 48.0 Å². The SMILES string of the molecule is Cc1cc(CN2CCN(C(=O)c3cc(-c4ccccc4)nn3-c3ccccc3)CC2)no1. The highest BCUT2D eigenvalue weighted by molar-refractivity contribution is 5.94. The average molecular weight is 428 g/mol. The summed E-state index contributed by atoms with van der Waals surface area (Å²) in [6.45, 7) is 5.55. The van der Waals surface area contributed by atoms with Gasteiger partial charge in [0.05, 0.1) is 17.1 Å². The van der Waals surface area contributed by atoms with Gasteiger partial charge in [0.25, 0.3) is 5.91 Å². The third-order valence-corrected chi connectivity index (χ3v) is 5.72. The Kier molecular flexibility index (Phi) is 5.56. The van der Waals surface area contributed by atoms with Gasteiger partial charge in [-0.1, -0.05) is 53.7 Å². The second kappa shape index (κ2) is 8.80. The Balaban J connectivity index is 1.36. The molecule has 5 rings (SSSR count). The van der Waals surface area contributed by atoms with E-state index in [4.69, 9.17) is 9.62 Å². The first-order chi connectivity index (χ1) is 15.7. The van der Waals surface area contributed by atoms with Gasteiger partial charge in [-0.05, 0) is 25.1 Å². The van der Waals surface area contributed by atoms with Crippen molar-refractivity contribution in [2.24, 2.45) is 0 Å². The van der Waals surface area contributed by atoms with Crippen LogP contribution in [0.15, 0.2) is 77.3 Å². The van der Waals surface area contributed by atoms with Crippen molar-refractivity contribution in [2.45, 2.75) is 13.5 Å². The number of rotatable bonds is 5. The molecule has 7 heteroatoms. The molecule has 0 N–H and O–H groups in total. The van der Waals surface area contributed by atoms with Crippen LogP contribution in [-0.2, 0) is 6.54 Å². The number of para-hydroxylation sites is 1. The highest BCUT2D eigenvalue weighted by Crippen LogP contribution is 2.23. The molecule has 1 aliphatic heterocycles. The predicted octanol–water partition coefficient (Wildman–Crippen LogP) is 3.79. The molecule has 0 aliphatic carbocycles. The summed E-state index contributed by atoms with van der Waals surface area (Å²) < 4.78 is 6.93. The Morgan fingerprint density at radius 3 is 2.28 bits per heavy atom. The third-order valence-electron chi connectivity index (χ3n) is 5.72. The van der Waals surface area contributed by atoms with E-state index < -0.39 is 0 Å². The standard InChI is InChI=1S/C25H25N5O2/c1-19-16-21(27-32-19)18-28-12-14-29(15-13-28)25(31)24-17-23(20-8-4-2-5-9-20)26-30(24)22-10-6-3-7-11-22/h2-11,16-17H,12-15,18H2,1H3. The lowest BCUT2D eigenvalue weighted by Crippen LogP contribution is -2.48. The molecule has 7 nitrogen and oxygen atoms in total. The van der Waals surface area contributed by atoms with Crippen molar-refractivity contribution in [2.75, 3.05) is 26.2 Å². The van der Waals surface area contributed by atoms with Crippen LogP contribution in [0.4, 0.5) is 0 Å². The molecule has 1 aliphatic rings. The van der Waals surface area contributed by atoms with Crippen molar-refractivity contribution in [1.29, 1.82) is 0 Å². The lowest BCUT2D eigenvalue weighted by atomic mass is 10.1. The minimum absolute atomic E-state index is 0.000430. The van der Waals surface area contributed by atoms with Crippen molar-refractivity contribution in [3.63, 3.8) is 0 Å². The lowest BCUT2D eigenvalue weighted by molar-refractivity contribution is 0.0617. The summed E-state index contributed by atoms with van der Waals surface area (Å²) in [6, 6.07) is 23.6. The molecule has 162 valence electrons. The molecule has 1 amide bonds. The molecule has 0 atom stereocenters. The second-order valence-corrected chi connectivity index (χ2v) is 8.03. The van der Waals surface area contributed by atoms with Gasteiger partial charge in [-0.2, -0.15) is 5.10 Å².